The largest absolute Gasteiger partial charge is 0.377 e. The Bertz CT molecular complexity index is 183. The van der Waals surface area contributed by atoms with Gasteiger partial charge in [0, 0.05) is 19.3 Å². The minimum atomic E-state index is -2.67. The number of halogens is 4. The minimum Gasteiger partial charge on any atom is -0.377 e. The highest BCUT2D eigenvalue weighted by Crippen LogP contribution is 2.36. The van der Waals surface area contributed by atoms with E-state index in [1.165, 1.54) is 6.20 Å². The van der Waals surface area contributed by atoms with Crippen LogP contribution in [0.2, 0.25) is 0 Å². The molecule has 0 aromatic rings. The van der Waals surface area contributed by atoms with Crippen LogP contribution >= 0.6 is 23.5 Å². The average Bonchev–Trinajstić information content (AvgIpc) is 2.11. The predicted molar refractivity (Wildman–Crippen MR) is 58.2 cm³/mol. The second-order valence-corrected chi connectivity index (χ2v) is 4.75. The van der Waals surface area contributed by atoms with Crippen LogP contribution in [0.15, 0.2) is 10.4 Å². The minimum absolute atomic E-state index is 0.0521. The summed E-state index contributed by atoms with van der Waals surface area (Å²) in [7, 11) is 0. The van der Waals surface area contributed by atoms with Crippen molar-refractivity contribution < 1.29 is 17.6 Å². The molecule has 0 bridgehead atoms. The quantitative estimate of drug-likeness (QED) is 0.638. The molecule has 0 N–H and O–H groups in total. The Labute approximate surface area is 95.3 Å². The molecule has 0 aliphatic heterocycles. The molecule has 0 radical (unpaired) electrons. The highest BCUT2D eigenvalue weighted by Gasteiger charge is 2.15. The van der Waals surface area contributed by atoms with Crippen molar-refractivity contribution >= 4 is 23.5 Å². The maximum Gasteiger partial charge on any atom is 0.289 e. The van der Waals surface area contributed by atoms with Crippen LogP contribution < -0.4 is 0 Å². The average molecular weight is 263 g/mol. The number of thioether (sulfide) groups is 2. The van der Waals surface area contributed by atoms with Gasteiger partial charge in [-0.1, -0.05) is 0 Å². The number of rotatable bonds is 7. The van der Waals surface area contributed by atoms with E-state index in [1.54, 1.807) is 4.90 Å². The maximum absolute atomic E-state index is 12.0. The van der Waals surface area contributed by atoms with Crippen LogP contribution in [0.4, 0.5) is 17.6 Å². The van der Waals surface area contributed by atoms with Crippen molar-refractivity contribution in [3.63, 3.8) is 0 Å². The smallest absolute Gasteiger partial charge is 0.289 e. The lowest BCUT2D eigenvalue weighted by Crippen LogP contribution is -2.16. The number of alkyl halides is 4. The first-order chi connectivity index (χ1) is 6.99. The molecule has 0 fully saturated rings. The van der Waals surface area contributed by atoms with Crippen LogP contribution in [0.1, 0.15) is 13.8 Å². The van der Waals surface area contributed by atoms with Gasteiger partial charge in [-0.25, -0.2) is 0 Å². The highest BCUT2D eigenvalue weighted by atomic mass is 32.2. The molecule has 0 heterocycles. The van der Waals surface area contributed by atoms with Crippen LogP contribution in [-0.2, 0) is 0 Å². The van der Waals surface area contributed by atoms with Crippen LogP contribution in [0.5, 0.6) is 0 Å². The molecule has 0 spiro atoms. The van der Waals surface area contributed by atoms with Gasteiger partial charge in [0.25, 0.3) is 11.5 Å². The Hall–Kier alpha value is -0.0400. The topological polar surface area (TPSA) is 3.24 Å². The molecule has 1 nitrogen and oxygen atoms in total. The van der Waals surface area contributed by atoms with E-state index in [0.717, 1.165) is 0 Å². The molecule has 0 rings (SSSR count). The molecule has 90 valence electrons. The Morgan fingerprint density at radius 2 is 1.47 bits per heavy atom. The zero-order chi connectivity index (χ0) is 11.8. The standard InChI is InChI=1S/C8H13F4NS2/c1-3-13(4-2)5-6(14-7(9)10)15-8(11)12/h5,7-8H,3-4H2,1-2H3. The Morgan fingerprint density at radius 3 is 1.73 bits per heavy atom. The molecule has 0 unspecified atom stereocenters. The van der Waals surface area contributed by atoms with Gasteiger partial charge in [-0.15, -0.1) is 0 Å². The van der Waals surface area contributed by atoms with Gasteiger partial charge in [0.2, 0.25) is 0 Å². The third-order valence-corrected chi connectivity index (χ3v) is 3.12. The van der Waals surface area contributed by atoms with E-state index < -0.39 is 11.5 Å². The molecule has 0 atom stereocenters. The van der Waals surface area contributed by atoms with Gasteiger partial charge in [-0.3, -0.25) is 0 Å². The second-order valence-electron chi connectivity index (χ2n) is 2.43. The van der Waals surface area contributed by atoms with Gasteiger partial charge in [0.15, 0.2) is 0 Å². The summed E-state index contributed by atoms with van der Waals surface area (Å²) in [4.78, 5) is 1.69. The molecule has 0 aliphatic carbocycles. The first kappa shape index (κ1) is 15.0. The lowest BCUT2D eigenvalue weighted by Gasteiger charge is -2.17. The van der Waals surface area contributed by atoms with Gasteiger partial charge in [-0.05, 0) is 37.4 Å². The fourth-order valence-electron chi connectivity index (χ4n) is 0.819. The summed E-state index contributed by atoms with van der Waals surface area (Å²) in [5, 5.41) is 0. The monoisotopic (exact) mass is 263 g/mol. The molecule has 0 aliphatic rings. The zero-order valence-corrected chi connectivity index (χ0v) is 10.1. The molecule has 0 aromatic carbocycles. The van der Waals surface area contributed by atoms with E-state index >= 15 is 0 Å². The van der Waals surface area contributed by atoms with Crippen molar-refractivity contribution in [1.82, 2.24) is 4.90 Å². The Kier molecular flexibility index (Phi) is 8.13. The molecule has 7 heteroatoms. The van der Waals surface area contributed by atoms with Crippen molar-refractivity contribution in [2.24, 2.45) is 0 Å². The van der Waals surface area contributed by atoms with Crippen LogP contribution in [0.25, 0.3) is 0 Å². The highest BCUT2D eigenvalue weighted by molar-refractivity contribution is 8.22. The van der Waals surface area contributed by atoms with E-state index in [9.17, 15) is 17.6 Å². The summed E-state index contributed by atoms with van der Waals surface area (Å²) in [6, 6.07) is 0. The molecule has 0 saturated heterocycles. The lowest BCUT2D eigenvalue weighted by molar-refractivity contribution is 0.251. The second kappa shape index (κ2) is 8.15. The summed E-state index contributed by atoms with van der Waals surface area (Å²) < 4.78 is 48.1. The SMILES string of the molecule is CCN(C=C(SC(F)F)SC(F)F)CC. The lowest BCUT2D eigenvalue weighted by atomic mass is 10.5. The van der Waals surface area contributed by atoms with Crippen molar-refractivity contribution in [3.8, 4) is 0 Å². The van der Waals surface area contributed by atoms with E-state index in [2.05, 4.69) is 0 Å². The number of hydrogen-bond donors (Lipinski definition) is 0. The van der Waals surface area contributed by atoms with Gasteiger partial charge in [0.05, 0.1) is 4.24 Å². The summed E-state index contributed by atoms with van der Waals surface area (Å²) >= 11 is 0.312. The third kappa shape index (κ3) is 7.84. The van der Waals surface area contributed by atoms with Crippen molar-refractivity contribution in [3.05, 3.63) is 10.4 Å². The van der Waals surface area contributed by atoms with E-state index in [-0.39, 0.29) is 27.8 Å². The van der Waals surface area contributed by atoms with Crippen molar-refractivity contribution in [2.45, 2.75) is 25.4 Å². The van der Waals surface area contributed by atoms with Gasteiger partial charge >= 0.3 is 0 Å². The van der Waals surface area contributed by atoms with Crippen LogP contribution in [-0.4, -0.2) is 29.5 Å². The zero-order valence-electron chi connectivity index (χ0n) is 8.42. The summed E-state index contributed by atoms with van der Waals surface area (Å²) in [5.74, 6) is -5.34. The van der Waals surface area contributed by atoms with Crippen LogP contribution in [0.3, 0.4) is 0 Å². The Balaban J connectivity index is 4.44. The molecular formula is C8H13F4NS2. The van der Waals surface area contributed by atoms with E-state index in [0.29, 0.717) is 13.1 Å². The van der Waals surface area contributed by atoms with E-state index in [1.807, 2.05) is 13.8 Å². The first-order valence-electron chi connectivity index (χ1n) is 4.35. The fraction of sp³-hybridized carbons (Fsp3) is 0.750. The van der Waals surface area contributed by atoms with Crippen molar-refractivity contribution in [2.75, 3.05) is 13.1 Å². The molecule has 0 amide bonds. The summed E-state index contributed by atoms with van der Waals surface area (Å²) in [5.41, 5.74) is 0. The molecule has 0 saturated carbocycles. The normalized spacial score (nSPS) is 10.9. The predicted octanol–water partition coefficient (Wildman–Crippen LogP) is 4.04. The Morgan fingerprint density at radius 1 is 1.07 bits per heavy atom. The molecule has 15 heavy (non-hydrogen) atoms. The fourth-order valence-corrected chi connectivity index (χ4v) is 2.25. The van der Waals surface area contributed by atoms with Gasteiger partial charge < -0.3 is 4.90 Å². The summed E-state index contributed by atoms with van der Waals surface area (Å²) in [6.45, 7) is 4.87. The number of nitrogens with zero attached hydrogens (tertiary/aromatic N) is 1. The number of hydrogen-bond acceptors (Lipinski definition) is 3. The molecule has 0 aromatic heterocycles. The third-order valence-electron chi connectivity index (χ3n) is 1.51. The summed E-state index contributed by atoms with van der Waals surface area (Å²) in [6.07, 6.45) is 1.35. The molecular weight excluding hydrogens is 250 g/mol. The van der Waals surface area contributed by atoms with Crippen LogP contribution in [0, 0.1) is 0 Å². The van der Waals surface area contributed by atoms with Crippen molar-refractivity contribution in [1.29, 1.82) is 0 Å². The maximum atomic E-state index is 12.0. The van der Waals surface area contributed by atoms with Gasteiger partial charge in [0.1, 0.15) is 0 Å². The first-order valence-corrected chi connectivity index (χ1v) is 6.11. The van der Waals surface area contributed by atoms with Gasteiger partial charge in [-0.2, -0.15) is 17.6 Å². The van der Waals surface area contributed by atoms with E-state index in [4.69, 9.17) is 0 Å².